The van der Waals surface area contributed by atoms with Gasteiger partial charge in [0, 0.05) is 29.3 Å². The van der Waals surface area contributed by atoms with Crippen LogP contribution in [-0.2, 0) is 10.2 Å². The van der Waals surface area contributed by atoms with E-state index in [1.54, 1.807) is 14.2 Å². The molecule has 0 unspecified atom stereocenters. The molecule has 1 aliphatic carbocycles. The number of nitrogens with zero attached hydrogens (tertiary/aromatic N) is 1. The maximum atomic E-state index is 13.6. The molecule has 0 aromatic heterocycles. The summed E-state index contributed by atoms with van der Waals surface area (Å²) in [5, 5.41) is 13.0. The Hall–Kier alpha value is -3.74. The second-order valence-corrected chi connectivity index (χ2v) is 9.69. The van der Waals surface area contributed by atoms with Gasteiger partial charge in [0.25, 0.3) is 0 Å². The van der Waals surface area contributed by atoms with Crippen LogP contribution in [0.3, 0.4) is 0 Å². The molecule has 1 saturated heterocycles. The first-order chi connectivity index (χ1) is 18.8. The van der Waals surface area contributed by atoms with Gasteiger partial charge in [-0.3, -0.25) is 0 Å². The molecular weight excluding hydrogens is 538 g/mol. The quantitative estimate of drug-likeness (QED) is 0.428. The monoisotopic (exact) mass is 571 g/mol. The summed E-state index contributed by atoms with van der Waals surface area (Å²) >= 11 is 0. The fourth-order valence-electron chi connectivity index (χ4n) is 5.48. The Bertz CT molecular complexity index is 1210. The van der Waals surface area contributed by atoms with Gasteiger partial charge in [0.05, 0.1) is 21.3 Å². The highest BCUT2D eigenvalue weighted by molar-refractivity contribution is 5.89. The first-order valence-electron chi connectivity index (χ1n) is 12.5. The molecule has 2 aliphatic rings. The summed E-state index contributed by atoms with van der Waals surface area (Å²) < 4.78 is 61.3. The highest BCUT2D eigenvalue weighted by atomic mass is 19.4. The van der Waals surface area contributed by atoms with Crippen LogP contribution in [0.4, 0.5) is 28.0 Å². The van der Waals surface area contributed by atoms with E-state index in [9.17, 15) is 22.4 Å². The Morgan fingerprint density at radius 2 is 1.65 bits per heavy atom. The fraction of sp³-hybridized carbons (Fsp3) is 0.481. The van der Waals surface area contributed by atoms with Gasteiger partial charge in [-0.1, -0.05) is 6.07 Å². The van der Waals surface area contributed by atoms with Crippen molar-refractivity contribution in [2.24, 2.45) is 0 Å². The highest BCUT2D eigenvalue weighted by Crippen LogP contribution is 2.49. The average Bonchev–Trinajstić information content (AvgIpc) is 3.25. The number of amides is 2. The van der Waals surface area contributed by atoms with Gasteiger partial charge in [0.2, 0.25) is 0 Å². The van der Waals surface area contributed by atoms with E-state index in [2.05, 4.69) is 34.7 Å². The number of benzene rings is 2. The number of methoxy groups -OCH3 is 3. The van der Waals surface area contributed by atoms with Gasteiger partial charge < -0.3 is 34.9 Å². The Labute approximate surface area is 229 Å². The number of hydrogen-bond acceptors (Lipinski definition) is 6. The van der Waals surface area contributed by atoms with Crippen molar-refractivity contribution in [1.29, 1.82) is 0 Å². The van der Waals surface area contributed by atoms with Crippen molar-refractivity contribution in [3.05, 3.63) is 47.8 Å². The number of carboxylic acids is 1. The van der Waals surface area contributed by atoms with Gasteiger partial charge in [-0.2, -0.15) is 13.2 Å². The van der Waals surface area contributed by atoms with E-state index in [-0.39, 0.29) is 23.2 Å². The van der Waals surface area contributed by atoms with E-state index >= 15 is 0 Å². The molecule has 4 rings (SSSR count). The number of carboxylic acid groups (broad SMARTS) is 1. The number of halogens is 4. The summed E-state index contributed by atoms with van der Waals surface area (Å²) in [6.45, 7) is 1.01. The summed E-state index contributed by atoms with van der Waals surface area (Å²) in [4.78, 5) is 23.9. The highest BCUT2D eigenvalue weighted by Gasteiger charge is 2.50. The summed E-state index contributed by atoms with van der Waals surface area (Å²) in [6, 6.07) is 10.6. The van der Waals surface area contributed by atoms with Crippen molar-refractivity contribution in [2.45, 2.75) is 49.4 Å². The number of urea groups is 1. The van der Waals surface area contributed by atoms with Crippen LogP contribution >= 0.6 is 0 Å². The van der Waals surface area contributed by atoms with E-state index in [1.165, 1.54) is 30.9 Å². The standard InChI is InChI=1S/C25H32FN3O4.C2HF3O2/c1-29-12-11-25(16-5-8-20(31-2)22(13-16)33-4)10-9-18(15-23(25)29)28-24(30)27-17-6-7-19(26)21(14-17)32-3;3-2(4,5)1(6)7/h5-8,13-14,18,23H,9-12,15H2,1-4H3,(H2,27,28,30);(H,6,7)/t18-,23+,25+;/m1./s1. The molecule has 2 aromatic rings. The number of hydrogen-bond donors (Lipinski definition) is 3. The number of likely N-dealkylation sites (tertiary alicyclic amines) is 1. The van der Waals surface area contributed by atoms with Gasteiger partial charge in [0.15, 0.2) is 23.1 Å². The lowest BCUT2D eigenvalue weighted by molar-refractivity contribution is -0.192. The minimum Gasteiger partial charge on any atom is -0.494 e. The van der Waals surface area contributed by atoms with Crippen LogP contribution in [0.15, 0.2) is 36.4 Å². The van der Waals surface area contributed by atoms with Crippen molar-refractivity contribution in [3.8, 4) is 17.2 Å². The molecule has 1 heterocycles. The number of alkyl halides is 3. The first-order valence-corrected chi connectivity index (χ1v) is 12.5. The summed E-state index contributed by atoms with van der Waals surface area (Å²) in [7, 11) is 6.85. The van der Waals surface area contributed by atoms with E-state index in [0.29, 0.717) is 11.7 Å². The molecule has 40 heavy (non-hydrogen) atoms. The number of ether oxygens (including phenoxy) is 3. The van der Waals surface area contributed by atoms with Crippen LogP contribution in [0.1, 0.15) is 31.2 Å². The lowest BCUT2D eigenvalue weighted by Gasteiger charge is -2.45. The Balaban J connectivity index is 0.000000559. The molecule has 2 aromatic carbocycles. The third kappa shape index (κ3) is 6.87. The minimum absolute atomic E-state index is 0.0211. The number of carbonyl (C=O) groups is 2. The Kier molecular flexibility index (Phi) is 9.72. The van der Waals surface area contributed by atoms with Gasteiger partial charge in [0.1, 0.15) is 0 Å². The molecule has 1 saturated carbocycles. The number of fused-ring (bicyclic) bond motifs is 1. The maximum absolute atomic E-state index is 13.6. The smallest absolute Gasteiger partial charge is 0.490 e. The molecule has 13 heteroatoms. The predicted molar refractivity (Wildman–Crippen MR) is 139 cm³/mol. The zero-order chi connectivity index (χ0) is 29.7. The van der Waals surface area contributed by atoms with Crippen LogP contribution in [0, 0.1) is 5.82 Å². The normalized spacial score (nSPS) is 22.3. The van der Waals surface area contributed by atoms with Crippen LogP contribution in [0.2, 0.25) is 0 Å². The molecule has 220 valence electrons. The zero-order valence-corrected chi connectivity index (χ0v) is 22.6. The van der Waals surface area contributed by atoms with Crippen molar-refractivity contribution in [3.63, 3.8) is 0 Å². The lowest BCUT2D eigenvalue weighted by Crippen LogP contribution is -2.52. The lowest BCUT2D eigenvalue weighted by atomic mass is 9.65. The first kappa shape index (κ1) is 30.8. The molecule has 3 N–H and O–H groups in total. The third-order valence-electron chi connectivity index (χ3n) is 7.47. The maximum Gasteiger partial charge on any atom is 0.490 e. The molecule has 9 nitrogen and oxygen atoms in total. The number of likely N-dealkylation sites (N-methyl/N-ethyl adjacent to an activating group) is 1. The summed E-state index contributed by atoms with van der Waals surface area (Å²) in [6.07, 6.45) is -1.32. The fourth-order valence-corrected chi connectivity index (χ4v) is 5.48. The molecular formula is C27H33F4N3O6. The van der Waals surface area contributed by atoms with Crippen LogP contribution in [-0.4, -0.2) is 75.2 Å². The number of rotatable bonds is 6. The van der Waals surface area contributed by atoms with E-state index in [0.717, 1.165) is 43.7 Å². The van der Waals surface area contributed by atoms with Gasteiger partial charge in [-0.25, -0.2) is 14.0 Å². The summed E-state index contributed by atoms with van der Waals surface area (Å²) in [5.41, 5.74) is 1.77. The van der Waals surface area contributed by atoms with Crippen molar-refractivity contribution >= 4 is 17.7 Å². The largest absolute Gasteiger partial charge is 0.494 e. The SMILES string of the molecule is COc1cc(NC(=O)N[C@@H]2CC[C@@]3(c4ccc(OC)c(OC)c4)CCN(C)[C@H]3C2)ccc1F.O=C(O)C(F)(F)F. The number of aliphatic carboxylic acids is 1. The molecule has 2 amide bonds. The Morgan fingerprint density at radius 3 is 2.25 bits per heavy atom. The Morgan fingerprint density at radius 1 is 1.00 bits per heavy atom. The molecule has 0 radical (unpaired) electrons. The van der Waals surface area contributed by atoms with Crippen LogP contribution in [0.25, 0.3) is 0 Å². The van der Waals surface area contributed by atoms with E-state index < -0.39 is 18.0 Å². The molecule has 0 bridgehead atoms. The number of anilines is 1. The molecule has 0 spiro atoms. The van der Waals surface area contributed by atoms with E-state index in [4.69, 9.17) is 24.1 Å². The summed E-state index contributed by atoms with van der Waals surface area (Å²) in [5.74, 6) is -1.66. The predicted octanol–water partition coefficient (Wildman–Crippen LogP) is 4.80. The molecule has 2 fully saturated rings. The van der Waals surface area contributed by atoms with E-state index in [1.807, 2.05) is 6.07 Å². The second kappa shape index (κ2) is 12.6. The minimum atomic E-state index is -5.08. The van der Waals surface area contributed by atoms with Gasteiger partial charge in [-0.05, 0) is 69.1 Å². The van der Waals surface area contributed by atoms with Gasteiger partial charge >= 0.3 is 18.2 Å². The molecule has 3 atom stereocenters. The molecule has 1 aliphatic heterocycles. The van der Waals surface area contributed by atoms with Crippen LogP contribution < -0.4 is 24.8 Å². The second-order valence-electron chi connectivity index (χ2n) is 9.69. The van der Waals surface area contributed by atoms with Crippen LogP contribution in [0.5, 0.6) is 17.2 Å². The number of carbonyl (C=O) groups excluding carboxylic acids is 1. The van der Waals surface area contributed by atoms with Crippen molar-refractivity contribution in [1.82, 2.24) is 10.2 Å². The average molecular weight is 572 g/mol. The zero-order valence-electron chi connectivity index (χ0n) is 22.6. The number of nitrogens with one attached hydrogen (secondary N) is 2. The van der Waals surface area contributed by atoms with Crippen molar-refractivity contribution in [2.75, 3.05) is 40.2 Å². The van der Waals surface area contributed by atoms with Gasteiger partial charge in [-0.15, -0.1) is 0 Å². The topological polar surface area (TPSA) is 109 Å². The third-order valence-corrected chi connectivity index (χ3v) is 7.47. The van der Waals surface area contributed by atoms with Crippen molar-refractivity contribution < 1.29 is 46.5 Å².